The number of hydrogen-bond donors (Lipinski definition) is 3. The highest BCUT2D eigenvalue weighted by Crippen LogP contribution is 2.15. The highest BCUT2D eigenvalue weighted by molar-refractivity contribution is 5.97. The summed E-state index contributed by atoms with van der Waals surface area (Å²) in [6.07, 6.45) is 0.364. The van der Waals surface area contributed by atoms with Crippen LogP contribution in [0.2, 0.25) is 0 Å². The van der Waals surface area contributed by atoms with Crippen molar-refractivity contribution in [1.29, 1.82) is 0 Å². The highest BCUT2D eigenvalue weighted by atomic mass is 16.6. The van der Waals surface area contributed by atoms with E-state index in [4.69, 9.17) is 5.73 Å². The molecule has 2 rings (SSSR count). The fourth-order valence-corrected chi connectivity index (χ4v) is 2.26. The molecule has 26 heavy (non-hydrogen) atoms. The fraction of sp³-hybridized carbons (Fsp3) is 0.222. The van der Waals surface area contributed by atoms with Crippen molar-refractivity contribution in [3.8, 4) is 0 Å². The number of amides is 2. The molecule has 0 heterocycles. The smallest absolute Gasteiger partial charge is 0.269 e. The molecule has 0 aliphatic carbocycles. The molecule has 0 unspecified atom stereocenters. The largest absolute Gasteiger partial charge is 0.343 e. The van der Waals surface area contributed by atoms with Crippen LogP contribution in [0.1, 0.15) is 12.5 Å². The summed E-state index contributed by atoms with van der Waals surface area (Å²) in [4.78, 5) is 34.4. The lowest BCUT2D eigenvalue weighted by Gasteiger charge is -2.17. The minimum absolute atomic E-state index is 0.0729. The summed E-state index contributed by atoms with van der Waals surface area (Å²) < 4.78 is 0. The lowest BCUT2D eigenvalue weighted by atomic mass is 10.1. The quantitative estimate of drug-likeness (QED) is 0.513. The van der Waals surface area contributed by atoms with E-state index in [0.717, 1.165) is 5.56 Å². The van der Waals surface area contributed by atoms with Crippen LogP contribution in [0.15, 0.2) is 54.6 Å². The van der Waals surface area contributed by atoms with Gasteiger partial charge in [0.15, 0.2) is 0 Å². The third kappa shape index (κ3) is 5.38. The lowest BCUT2D eigenvalue weighted by Crippen LogP contribution is -2.49. The SMILES string of the molecule is C[C@H](NC(=O)[C@@H](N)Cc1ccccc1)C(=O)Nc1ccc([N+](=O)[O-])cc1. The van der Waals surface area contributed by atoms with Crippen molar-refractivity contribution < 1.29 is 14.5 Å². The standard InChI is InChI=1S/C18H20N4O4/c1-12(17(23)21-14-7-9-15(10-8-14)22(25)26)20-18(24)16(19)11-13-5-3-2-4-6-13/h2-10,12,16H,11,19H2,1H3,(H,20,24)(H,21,23)/t12-,16-/m0/s1. The highest BCUT2D eigenvalue weighted by Gasteiger charge is 2.20. The van der Waals surface area contributed by atoms with Crippen molar-refractivity contribution in [3.05, 3.63) is 70.3 Å². The number of anilines is 1. The molecule has 136 valence electrons. The number of nitro benzene ring substituents is 1. The van der Waals surface area contributed by atoms with Gasteiger partial charge in [0.2, 0.25) is 11.8 Å². The summed E-state index contributed by atoms with van der Waals surface area (Å²) in [6.45, 7) is 1.54. The first-order valence-corrected chi connectivity index (χ1v) is 8.02. The molecule has 2 aromatic rings. The van der Waals surface area contributed by atoms with E-state index in [0.29, 0.717) is 12.1 Å². The van der Waals surface area contributed by atoms with Crippen LogP contribution in [0.4, 0.5) is 11.4 Å². The molecule has 2 amide bonds. The molecule has 4 N–H and O–H groups in total. The van der Waals surface area contributed by atoms with E-state index in [2.05, 4.69) is 10.6 Å². The first-order chi connectivity index (χ1) is 12.4. The molecule has 2 aromatic carbocycles. The Morgan fingerprint density at radius 3 is 2.27 bits per heavy atom. The van der Waals surface area contributed by atoms with Crippen molar-refractivity contribution in [1.82, 2.24) is 5.32 Å². The predicted octanol–water partition coefficient (Wildman–Crippen LogP) is 1.61. The maximum atomic E-state index is 12.1. The summed E-state index contributed by atoms with van der Waals surface area (Å²) in [6, 6.07) is 13.2. The Labute approximate surface area is 150 Å². The van der Waals surface area contributed by atoms with Crippen LogP contribution in [0.5, 0.6) is 0 Å². The van der Waals surface area contributed by atoms with E-state index in [1.165, 1.54) is 31.2 Å². The summed E-state index contributed by atoms with van der Waals surface area (Å²) in [5.41, 5.74) is 7.14. The molecular formula is C18H20N4O4. The Morgan fingerprint density at radius 2 is 1.69 bits per heavy atom. The number of carbonyl (C=O) groups is 2. The van der Waals surface area contributed by atoms with Crippen molar-refractivity contribution in [2.24, 2.45) is 5.73 Å². The zero-order valence-corrected chi connectivity index (χ0v) is 14.2. The maximum Gasteiger partial charge on any atom is 0.269 e. The summed E-state index contributed by atoms with van der Waals surface area (Å²) in [5, 5.41) is 15.8. The zero-order valence-electron chi connectivity index (χ0n) is 14.2. The van der Waals surface area contributed by atoms with Gasteiger partial charge in [-0.05, 0) is 31.0 Å². The van der Waals surface area contributed by atoms with E-state index < -0.39 is 28.8 Å². The third-order valence-electron chi connectivity index (χ3n) is 3.73. The molecule has 0 saturated carbocycles. The van der Waals surface area contributed by atoms with E-state index in [9.17, 15) is 19.7 Å². The number of nitrogens with two attached hydrogens (primary N) is 1. The Balaban J connectivity index is 1.87. The number of nitrogens with one attached hydrogen (secondary N) is 2. The maximum absolute atomic E-state index is 12.1. The molecule has 0 aliphatic rings. The molecule has 0 spiro atoms. The Kier molecular flexibility index (Phi) is 6.40. The van der Waals surface area contributed by atoms with Gasteiger partial charge in [0.1, 0.15) is 6.04 Å². The Hall–Kier alpha value is -3.26. The summed E-state index contributed by atoms with van der Waals surface area (Å²) >= 11 is 0. The molecule has 2 atom stereocenters. The van der Waals surface area contributed by atoms with Crippen molar-refractivity contribution in [2.75, 3.05) is 5.32 Å². The Bertz CT molecular complexity index is 778. The molecule has 0 fully saturated rings. The van der Waals surface area contributed by atoms with Crippen molar-refractivity contribution >= 4 is 23.2 Å². The molecule has 8 heteroatoms. The van der Waals surface area contributed by atoms with Gasteiger partial charge >= 0.3 is 0 Å². The first kappa shape index (κ1) is 19.1. The van der Waals surface area contributed by atoms with E-state index >= 15 is 0 Å². The van der Waals surface area contributed by atoms with Crippen LogP contribution in [-0.2, 0) is 16.0 Å². The fourth-order valence-electron chi connectivity index (χ4n) is 2.26. The molecule has 8 nitrogen and oxygen atoms in total. The lowest BCUT2D eigenvalue weighted by molar-refractivity contribution is -0.384. The summed E-state index contributed by atoms with van der Waals surface area (Å²) in [5.74, 6) is -0.876. The van der Waals surface area contributed by atoms with E-state index in [-0.39, 0.29) is 5.69 Å². The molecule has 0 aliphatic heterocycles. The van der Waals surface area contributed by atoms with Crippen LogP contribution in [0.25, 0.3) is 0 Å². The molecule has 0 aromatic heterocycles. The van der Waals surface area contributed by atoms with Gasteiger partial charge in [-0.3, -0.25) is 19.7 Å². The second kappa shape index (κ2) is 8.72. The predicted molar refractivity (Wildman–Crippen MR) is 97.5 cm³/mol. The summed E-state index contributed by atoms with van der Waals surface area (Å²) in [7, 11) is 0. The number of rotatable bonds is 7. The van der Waals surface area contributed by atoms with Crippen LogP contribution in [0, 0.1) is 10.1 Å². The Morgan fingerprint density at radius 1 is 1.08 bits per heavy atom. The average Bonchev–Trinajstić information content (AvgIpc) is 2.62. The third-order valence-corrected chi connectivity index (χ3v) is 3.73. The number of benzene rings is 2. The van der Waals surface area contributed by atoms with Gasteiger partial charge in [0, 0.05) is 17.8 Å². The van der Waals surface area contributed by atoms with Gasteiger partial charge in [0.25, 0.3) is 5.69 Å². The average molecular weight is 356 g/mol. The van der Waals surface area contributed by atoms with Crippen molar-refractivity contribution in [2.45, 2.75) is 25.4 Å². The number of non-ortho nitro benzene ring substituents is 1. The normalized spacial score (nSPS) is 12.7. The van der Waals surface area contributed by atoms with Gasteiger partial charge in [0.05, 0.1) is 11.0 Å². The molecule has 0 saturated heterocycles. The molecule has 0 bridgehead atoms. The van der Waals surface area contributed by atoms with Crippen LogP contribution < -0.4 is 16.4 Å². The van der Waals surface area contributed by atoms with Gasteiger partial charge in [-0.15, -0.1) is 0 Å². The molecule has 0 radical (unpaired) electrons. The minimum atomic E-state index is -0.806. The number of nitro groups is 1. The second-order valence-electron chi connectivity index (χ2n) is 5.82. The molecular weight excluding hydrogens is 336 g/mol. The number of carbonyl (C=O) groups excluding carboxylic acids is 2. The van der Waals surface area contributed by atoms with Crippen molar-refractivity contribution in [3.63, 3.8) is 0 Å². The van der Waals surface area contributed by atoms with Gasteiger partial charge in [-0.2, -0.15) is 0 Å². The minimum Gasteiger partial charge on any atom is -0.343 e. The van der Waals surface area contributed by atoms with E-state index in [1.807, 2.05) is 30.3 Å². The zero-order chi connectivity index (χ0) is 19.1. The number of nitrogens with zero attached hydrogens (tertiary/aromatic N) is 1. The van der Waals surface area contributed by atoms with Crippen LogP contribution in [-0.4, -0.2) is 28.8 Å². The van der Waals surface area contributed by atoms with Gasteiger partial charge < -0.3 is 16.4 Å². The van der Waals surface area contributed by atoms with Crippen LogP contribution >= 0.6 is 0 Å². The first-order valence-electron chi connectivity index (χ1n) is 8.02. The van der Waals surface area contributed by atoms with Gasteiger partial charge in [-0.1, -0.05) is 30.3 Å². The second-order valence-corrected chi connectivity index (χ2v) is 5.82. The number of hydrogen-bond acceptors (Lipinski definition) is 5. The van der Waals surface area contributed by atoms with Crippen LogP contribution in [0.3, 0.4) is 0 Å². The van der Waals surface area contributed by atoms with Gasteiger partial charge in [-0.25, -0.2) is 0 Å². The topological polar surface area (TPSA) is 127 Å². The monoisotopic (exact) mass is 356 g/mol. The van der Waals surface area contributed by atoms with E-state index in [1.54, 1.807) is 0 Å².